The largest absolute Gasteiger partial charge is 0.494 e. The molecule has 0 N–H and O–H groups in total. The van der Waals surface area contributed by atoms with Gasteiger partial charge in [-0.25, -0.2) is 0 Å². The SMILES string of the molecule is CCCCOc1ccc(/C=C2/C(=O)C3CCN2CC3)cc1. The number of benzene rings is 1. The highest BCUT2D eigenvalue weighted by atomic mass is 16.5. The molecule has 1 aromatic rings. The summed E-state index contributed by atoms with van der Waals surface area (Å²) in [6.45, 7) is 4.98. The first-order valence-electron chi connectivity index (χ1n) is 8.01. The van der Waals surface area contributed by atoms with Crippen LogP contribution < -0.4 is 4.74 Å². The summed E-state index contributed by atoms with van der Waals surface area (Å²) in [7, 11) is 0. The van der Waals surface area contributed by atoms with Gasteiger partial charge in [-0.2, -0.15) is 0 Å². The molecule has 0 amide bonds. The van der Waals surface area contributed by atoms with Crippen molar-refractivity contribution < 1.29 is 9.53 Å². The van der Waals surface area contributed by atoms with Gasteiger partial charge in [0.15, 0.2) is 5.78 Å². The highest BCUT2D eigenvalue weighted by Crippen LogP contribution is 2.32. The second-order valence-corrected chi connectivity index (χ2v) is 5.93. The lowest BCUT2D eigenvalue weighted by Gasteiger charge is -2.41. The third-order valence-electron chi connectivity index (χ3n) is 4.41. The molecule has 2 bridgehead atoms. The van der Waals surface area contributed by atoms with E-state index >= 15 is 0 Å². The van der Waals surface area contributed by atoms with Crippen LogP contribution in [0.15, 0.2) is 30.0 Å². The number of carbonyl (C=O) groups is 1. The standard InChI is InChI=1S/C18H23NO2/c1-2-3-12-21-16-6-4-14(5-7-16)13-17-18(20)15-8-10-19(17)11-9-15/h4-7,13,15H,2-3,8-12H2,1H3/b17-13-. The van der Waals surface area contributed by atoms with Crippen molar-refractivity contribution in [2.45, 2.75) is 32.6 Å². The number of carbonyl (C=O) groups excluding carboxylic acids is 1. The highest BCUT2D eigenvalue weighted by molar-refractivity contribution is 6.01. The number of rotatable bonds is 5. The van der Waals surface area contributed by atoms with Crippen molar-refractivity contribution in [3.05, 3.63) is 35.5 Å². The van der Waals surface area contributed by atoms with E-state index in [9.17, 15) is 4.79 Å². The topological polar surface area (TPSA) is 29.5 Å². The Morgan fingerprint density at radius 1 is 1.24 bits per heavy atom. The number of allylic oxidation sites excluding steroid dienone is 1. The molecule has 3 aliphatic heterocycles. The quantitative estimate of drug-likeness (QED) is 0.612. The van der Waals surface area contributed by atoms with Crippen LogP contribution in [0.4, 0.5) is 0 Å². The van der Waals surface area contributed by atoms with Crippen molar-refractivity contribution in [2.75, 3.05) is 19.7 Å². The van der Waals surface area contributed by atoms with E-state index in [-0.39, 0.29) is 5.92 Å². The van der Waals surface area contributed by atoms with Crippen molar-refractivity contribution in [1.82, 2.24) is 4.90 Å². The molecular weight excluding hydrogens is 262 g/mol. The van der Waals surface area contributed by atoms with Gasteiger partial charge in [0.25, 0.3) is 0 Å². The Morgan fingerprint density at radius 3 is 2.57 bits per heavy atom. The average Bonchev–Trinajstić information content (AvgIpc) is 2.53. The molecule has 3 saturated heterocycles. The van der Waals surface area contributed by atoms with Crippen LogP contribution >= 0.6 is 0 Å². The minimum absolute atomic E-state index is 0.262. The summed E-state index contributed by atoms with van der Waals surface area (Å²) in [5.74, 6) is 1.50. The Kier molecular flexibility index (Phi) is 4.28. The second-order valence-electron chi connectivity index (χ2n) is 5.93. The van der Waals surface area contributed by atoms with Crippen LogP contribution in [0.3, 0.4) is 0 Å². The number of hydrogen-bond acceptors (Lipinski definition) is 3. The Morgan fingerprint density at radius 2 is 1.95 bits per heavy atom. The summed E-state index contributed by atoms with van der Waals surface area (Å²) in [6.07, 6.45) is 6.31. The summed E-state index contributed by atoms with van der Waals surface area (Å²) in [5.41, 5.74) is 1.98. The zero-order valence-electron chi connectivity index (χ0n) is 12.7. The lowest BCUT2D eigenvalue weighted by Crippen LogP contribution is -2.45. The fourth-order valence-electron chi connectivity index (χ4n) is 3.06. The fourth-order valence-corrected chi connectivity index (χ4v) is 3.06. The fraction of sp³-hybridized carbons (Fsp3) is 0.500. The first-order chi connectivity index (χ1) is 10.3. The van der Waals surface area contributed by atoms with Gasteiger partial charge in [-0.05, 0) is 43.0 Å². The van der Waals surface area contributed by atoms with E-state index in [0.29, 0.717) is 5.78 Å². The molecule has 0 saturated carbocycles. The Hall–Kier alpha value is -1.77. The lowest BCUT2D eigenvalue weighted by molar-refractivity contribution is -0.125. The highest BCUT2D eigenvalue weighted by Gasteiger charge is 2.36. The molecule has 21 heavy (non-hydrogen) atoms. The molecule has 0 aromatic heterocycles. The molecule has 1 aromatic carbocycles. The van der Waals surface area contributed by atoms with Gasteiger partial charge in [-0.1, -0.05) is 25.5 Å². The van der Waals surface area contributed by atoms with Crippen LogP contribution in [-0.2, 0) is 4.79 Å². The minimum atomic E-state index is 0.262. The maximum absolute atomic E-state index is 12.3. The van der Waals surface area contributed by atoms with Gasteiger partial charge in [-0.3, -0.25) is 4.79 Å². The zero-order valence-corrected chi connectivity index (χ0v) is 12.7. The van der Waals surface area contributed by atoms with Gasteiger partial charge in [0.1, 0.15) is 5.75 Å². The van der Waals surface area contributed by atoms with Crippen molar-refractivity contribution in [3.63, 3.8) is 0 Å². The number of unbranched alkanes of at least 4 members (excludes halogenated alkanes) is 1. The molecule has 3 nitrogen and oxygen atoms in total. The smallest absolute Gasteiger partial charge is 0.182 e. The molecule has 0 radical (unpaired) electrons. The number of fused-ring (bicyclic) bond motifs is 3. The van der Waals surface area contributed by atoms with Gasteiger partial charge < -0.3 is 9.64 Å². The van der Waals surface area contributed by atoms with E-state index in [2.05, 4.69) is 11.8 Å². The van der Waals surface area contributed by atoms with Crippen LogP contribution in [0, 0.1) is 5.92 Å². The molecule has 112 valence electrons. The molecule has 0 atom stereocenters. The predicted molar refractivity (Wildman–Crippen MR) is 84.1 cm³/mol. The van der Waals surface area contributed by atoms with Crippen molar-refractivity contribution in [2.24, 2.45) is 5.92 Å². The molecule has 3 aliphatic rings. The van der Waals surface area contributed by atoms with Crippen molar-refractivity contribution >= 4 is 11.9 Å². The maximum Gasteiger partial charge on any atom is 0.182 e. The number of ketones is 1. The summed E-state index contributed by atoms with van der Waals surface area (Å²) in [5, 5.41) is 0. The molecular formula is C18H23NO2. The van der Waals surface area contributed by atoms with Gasteiger partial charge in [0.05, 0.1) is 12.3 Å². The monoisotopic (exact) mass is 285 g/mol. The lowest BCUT2D eigenvalue weighted by atomic mass is 9.84. The minimum Gasteiger partial charge on any atom is -0.494 e. The number of nitrogens with zero attached hydrogens (tertiary/aromatic N) is 1. The molecule has 0 spiro atoms. The molecule has 3 heteroatoms. The molecule has 0 unspecified atom stereocenters. The molecule has 3 fully saturated rings. The van der Waals surface area contributed by atoms with Crippen LogP contribution in [0.1, 0.15) is 38.2 Å². The molecule has 3 heterocycles. The Labute approximate surface area is 126 Å². The summed E-state index contributed by atoms with van der Waals surface area (Å²) in [4.78, 5) is 14.5. The predicted octanol–water partition coefficient (Wildman–Crippen LogP) is 3.50. The molecule has 0 aliphatic carbocycles. The van der Waals surface area contributed by atoms with Gasteiger partial charge in [0, 0.05) is 19.0 Å². The van der Waals surface area contributed by atoms with Crippen LogP contribution in [-0.4, -0.2) is 30.4 Å². The summed E-state index contributed by atoms with van der Waals surface area (Å²) >= 11 is 0. The number of Topliss-reactive ketones (excluding diaryl/α,β-unsaturated/α-hetero) is 1. The Bertz CT molecular complexity index is 525. The first kappa shape index (κ1) is 14.2. The van der Waals surface area contributed by atoms with Crippen molar-refractivity contribution in [1.29, 1.82) is 0 Å². The zero-order chi connectivity index (χ0) is 14.7. The third-order valence-corrected chi connectivity index (χ3v) is 4.41. The average molecular weight is 285 g/mol. The summed E-state index contributed by atoms with van der Waals surface area (Å²) < 4.78 is 5.66. The van der Waals surface area contributed by atoms with E-state index in [4.69, 9.17) is 4.74 Å². The molecule has 4 rings (SSSR count). The van der Waals surface area contributed by atoms with E-state index in [1.54, 1.807) is 0 Å². The van der Waals surface area contributed by atoms with Crippen molar-refractivity contribution in [3.8, 4) is 5.75 Å². The van der Waals surface area contributed by atoms with E-state index in [1.165, 1.54) is 0 Å². The Balaban J connectivity index is 1.69. The summed E-state index contributed by atoms with van der Waals surface area (Å²) in [6, 6.07) is 8.04. The first-order valence-corrected chi connectivity index (χ1v) is 8.01. The number of ether oxygens (including phenoxy) is 1. The van der Waals surface area contributed by atoms with E-state index in [0.717, 1.165) is 62.4 Å². The van der Waals surface area contributed by atoms with Crippen LogP contribution in [0.25, 0.3) is 6.08 Å². The third kappa shape index (κ3) is 3.12. The van der Waals surface area contributed by atoms with E-state index < -0.39 is 0 Å². The van der Waals surface area contributed by atoms with Gasteiger partial charge in [-0.15, -0.1) is 0 Å². The normalized spacial score (nSPS) is 20.3. The van der Waals surface area contributed by atoms with Crippen LogP contribution in [0.5, 0.6) is 5.75 Å². The van der Waals surface area contributed by atoms with Crippen LogP contribution in [0.2, 0.25) is 0 Å². The maximum atomic E-state index is 12.3. The number of hydrogen-bond donors (Lipinski definition) is 0. The number of piperidine rings is 3. The second kappa shape index (κ2) is 6.33. The van der Waals surface area contributed by atoms with Gasteiger partial charge >= 0.3 is 0 Å². The van der Waals surface area contributed by atoms with E-state index in [1.807, 2.05) is 30.3 Å². The van der Waals surface area contributed by atoms with Gasteiger partial charge in [0.2, 0.25) is 0 Å².